The minimum absolute atomic E-state index is 0.0945. The fraction of sp³-hybridized carbons (Fsp3) is 0.267. The summed E-state index contributed by atoms with van der Waals surface area (Å²) in [5, 5.41) is 3.63. The normalized spacial score (nSPS) is 12.4. The summed E-state index contributed by atoms with van der Waals surface area (Å²) in [6, 6.07) is 5.60. The number of nitrogens with one attached hydrogen (secondary N) is 1. The molecule has 0 aliphatic heterocycles. The van der Waals surface area contributed by atoms with Crippen LogP contribution in [0, 0.1) is 11.6 Å². The van der Waals surface area contributed by atoms with Crippen LogP contribution in [0.1, 0.15) is 11.1 Å². The topological polar surface area (TPSA) is 24.9 Å². The van der Waals surface area contributed by atoms with Crippen LogP contribution >= 0.6 is 11.6 Å². The van der Waals surface area contributed by atoms with Crippen molar-refractivity contribution >= 4 is 11.6 Å². The third kappa shape index (κ3) is 3.52. The number of halogens is 3. The molecule has 0 radical (unpaired) electrons. The molecule has 0 aliphatic rings. The summed E-state index contributed by atoms with van der Waals surface area (Å²) in [5.41, 5.74) is 0.995. The Morgan fingerprint density at radius 1 is 1.20 bits per heavy atom. The van der Waals surface area contributed by atoms with E-state index in [0.29, 0.717) is 11.4 Å². The van der Waals surface area contributed by atoms with Crippen LogP contribution in [0.2, 0.25) is 5.02 Å². The first kappa shape index (κ1) is 14.9. The fourth-order valence-electron chi connectivity index (χ4n) is 2.09. The molecular formula is C15H15ClF2N2. The quantitative estimate of drug-likeness (QED) is 0.915. The van der Waals surface area contributed by atoms with Crippen LogP contribution in [0.3, 0.4) is 0 Å². The number of benzene rings is 1. The molecule has 1 unspecified atom stereocenters. The van der Waals surface area contributed by atoms with Gasteiger partial charge in [0, 0.05) is 24.0 Å². The lowest BCUT2D eigenvalue weighted by Gasteiger charge is -2.17. The monoisotopic (exact) mass is 296 g/mol. The summed E-state index contributed by atoms with van der Waals surface area (Å²) < 4.78 is 27.3. The summed E-state index contributed by atoms with van der Waals surface area (Å²) in [6.07, 6.45) is 4.05. The van der Waals surface area contributed by atoms with Crippen LogP contribution in [0.4, 0.5) is 8.78 Å². The highest BCUT2D eigenvalue weighted by Gasteiger charge is 2.16. The van der Waals surface area contributed by atoms with Gasteiger partial charge in [-0.25, -0.2) is 8.78 Å². The number of hydrogen-bond acceptors (Lipinski definition) is 2. The fourth-order valence-corrected chi connectivity index (χ4v) is 2.28. The molecule has 0 spiro atoms. The Labute approximate surface area is 121 Å². The predicted molar refractivity (Wildman–Crippen MR) is 75.9 cm³/mol. The molecule has 0 aliphatic carbocycles. The van der Waals surface area contributed by atoms with Crippen molar-refractivity contribution in [2.75, 3.05) is 7.05 Å². The second kappa shape index (κ2) is 6.77. The average molecular weight is 297 g/mol. The molecule has 2 aromatic rings. The van der Waals surface area contributed by atoms with Crippen LogP contribution in [0.25, 0.3) is 0 Å². The number of aromatic nitrogens is 1. The van der Waals surface area contributed by atoms with Gasteiger partial charge in [0.25, 0.3) is 0 Å². The third-order valence-corrected chi connectivity index (χ3v) is 3.58. The van der Waals surface area contributed by atoms with Gasteiger partial charge in [0.05, 0.1) is 5.02 Å². The van der Waals surface area contributed by atoms with E-state index in [0.717, 1.165) is 5.56 Å². The molecule has 0 bridgehead atoms. The van der Waals surface area contributed by atoms with Gasteiger partial charge in [-0.05, 0) is 43.7 Å². The lowest BCUT2D eigenvalue weighted by molar-refractivity contribution is 0.502. The molecule has 1 heterocycles. The standard InChI is InChI=1S/C15H15ClF2N2/c1-19-11(7-10-5-6-20-9-13(10)16)8-12-14(17)3-2-4-15(12)18/h2-6,9,11,19H,7-8H2,1H3. The van der Waals surface area contributed by atoms with Crippen LogP contribution in [0.15, 0.2) is 36.7 Å². The van der Waals surface area contributed by atoms with Gasteiger partial charge in [-0.15, -0.1) is 0 Å². The summed E-state index contributed by atoms with van der Waals surface area (Å²) >= 11 is 6.05. The average Bonchev–Trinajstić information content (AvgIpc) is 2.44. The maximum Gasteiger partial charge on any atom is 0.129 e. The molecule has 20 heavy (non-hydrogen) atoms. The van der Waals surface area contributed by atoms with E-state index in [1.165, 1.54) is 18.2 Å². The molecular weight excluding hydrogens is 282 g/mol. The van der Waals surface area contributed by atoms with Crippen molar-refractivity contribution in [3.05, 3.63) is 64.4 Å². The van der Waals surface area contributed by atoms with Gasteiger partial charge in [0.15, 0.2) is 0 Å². The smallest absolute Gasteiger partial charge is 0.129 e. The molecule has 1 atom stereocenters. The van der Waals surface area contributed by atoms with E-state index in [-0.39, 0.29) is 18.0 Å². The maximum absolute atomic E-state index is 13.7. The molecule has 0 fully saturated rings. The molecule has 106 valence electrons. The number of nitrogens with zero attached hydrogens (tertiary/aromatic N) is 1. The van der Waals surface area contributed by atoms with Gasteiger partial charge in [-0.1, -0.05) is 17.7 Å². The number of likely N-dealkylation sites (N-methyl/N-ethyl adjacent to an activating group) is 1. The van der Waals surface area contributed by atoms with E-state index in [4.69, 9.17) is 11.6 Å². The van der Waals surface area contributed by atoms with Crippen LogP contribution in [-0.2, 0) is 12.8 Å². The summed E-state index contributed by atoms with van der Waals surface area (Å²) in [4.78, 5) is 3.92. The summed E-state index contributed by atoms with van der Waals surface area (Å²) in [6.45, 7) is 0. The highest BCUT2D eigenvalue weighted by molar-refractivity contribution is 6.31. The number of hydrogen-bond donors (Lipinski definition) is 1. The van der Waals surface area contributed by atoms with Crippen molar-refractivity contribution in [2.24, 2.45) is 0 Å². The Kier molecular flexibility index (Phi) is 5.04. The molecule has 1 aromatic carbocycles. The molecule has 1 N–H and O–H groups in total. The summed E-state index contributed by atoms with van der Waals surface area (Å²) in [7, 11) is 1.76. The zero-order chi connectivity index (χ0) is 14.5. The third-order valence-electron chi connectivity index (χ3n) is 3.24. The lowest BCUT2D eigenvalue weighted by Crippen LogP contribution is -2.30. The van der Waals surface area contributed by atoms with Crippen LogP contribution in [0.5, 0.6) is 0 Å². The van der Waals surface area contributed by atoms with Crippen molar-refractivity contribution in [3.8, 4) is 0 Å². The van der Waals surface area contributed by atoms with Gasteiger partial charge in [0.2, 0.25) is 0 Å². The van der Waals surface area contributed by atoms with Crippen molar-refractivity contribution in [1.82, 2.24) is 10.3 Å². The molecule has 0 saturated heterocycles. The molecule has 2 rings (SSSR count). The first-order chi connectivity index (χ1) is 9.61. The minimum atomic E-state index is -0.522. The van der Waals surface area contributed by atoms with Gasteiger partial charge < -0.3 is 5.32 Å². The Bertz CT molecular complexity index is 570. The van der Waals surface area contributed by atoms with Crippen molar-refractivity contribution < 1.29 is 8.78 Å². The van der Waals surface area contributed by atoms with Crippen molar-refractivity contribution in [2.45, 2.75) is 18.9 Å². The van der Waals surface area contributed by atoms with E-state index in [1.807, 2.05) is 6.07 Å². The van der Waals surface area contributed by atoms with E-state index in [9.17, 15) is 8.78 Å². The first-order valence-corrected chi connectivity index (χ1v) is 6.68. The second-order valence-corrected chi connectivity index (χ2v) is 4.97. The number of rotatable bonds is 5. The van der Waals surface area contributed by atoms with Crippen molar-refractivity contribution in [3.63, 3.8) is 0 Å². The first-order valence-electron chi connectivity index (χ1n) is 6.30. The molecule has 0 amide bonds. The van der Waals surface area contributed by atoms with Crippen molar-refractivity contribution in [1.29, 1.82) is 0 Å². The molecule has 2 nitrogen and oxygen atoms in total. The van der Waals surface area contributed by atoms with Crippen LogP contribution in [-0.4, -0.2) is 18.1 Å². The molecule has 0 saturated carbocycles. The second-order valence-electron chi connectivity index (χ2n) is 4.56. The van der Waals surface area contributed by atoms with E-state index < -0.39 is 11.6 Å². The SMILES string of the molecule is CNC(Cc1ccncc1Cl)Cc1c(F)cccc1F. The zero-order valence-corrected chi connectivity index (χ0v) is 11.8. The Hall–Kier alpha value is -1.52. The Morgan fingerprint density at radius 3 is 2.50 bits per heavy atom. The summed E-state index contributed by atoms with van der Waals surface area (Å²) in [5.74, 6) is -1.04. The zero-order valence-electron chi connectivity index (χ0n) is 11.0. The number of pyridine rings is 1. The highest BCUT2D eigenvalue weighted by atomic mass is 35.5. The van der Waals surface area contributed by atoms with Crippen LogP contribution < -0.4 is 5.32 Å². The van der Waals surface area contributed by atoms with E-state index in [1.54, 1.807) is 19.4 Å². The Morgan fingerprint density at radius 2 is 1.90 bits per heavy atom. The van der Waals surface area contributed by atoms with E-state index in [2.05, 4.69) is 10.3 Å². The Balaban J connectivity index is 2.16. The van der Waals surface area contributed by atoms with E-state index >= 15 is 0 Å². The van der Waals surface area contributed by atoms with Gasteiger partial charge in [0.1, 0.15) is 11.6 Å². The van der Waals surface area contributed by atoms with Gasteiger partial charge >= 0.3 is 0 Å². The molecule has 1 aromatic heterocycles. The molecule has 5 heteroatoms. The predicted octanol–water partition coefficient (Wildman–Crippen LogP) is 3.39. The highest BCUT2D eigenvalue weighted by Crippen LogP contribution is 2.19. The largest absolute Gasteiger partial charge is 0.316 e. The van der Waals surface area contributed by atoms with Gasteiger partial charge in [-0.3, -0.25) is 4.98 Å². The maximum atomic E-state index is 13.7. The minimum Gasteiger partial charge on any atom is -0.316 e. The lowest BCUT2D eigenvalue weighted by atomic mass is 9.99. The van der Waals surface area contributed by atoms with Gasteiger partial charge in [-0.2, -0.15) is 0 Å².